The monoisotopic (exact) mass is 266 g/mol. The van der Waals surface area contributed by atoms with Gasteiger partial charge in [0.1, 0.15) is 6.10 Å². The third-order valence-corrected chi connectivity index (χ3v) is 3.79. The van der Waals surface area contributed by atoms with Gasteiger partial charge in [-0.1, -0.05) is 27.2 Å². The Labute approximate surface area is 108 Å². The molecule has 108 valence electrons. The molecule has 1 N–H and O–H groups in total. The molecule has 18 heavy (non-hydrogen) atoms. The van der Waals surface area contributed by atoms with Crippen molar-refractivity contribution < 1.29 is 18.3 Å². The van der Waals surface area contributed by atoms with E-state index in [0.717, 1.165) is 25.2 Å². The topological polar surface area (TPSA) is 20.2 Å². The molecule has 2 rings (SSSR count). The molecule has 0 saturated heterocycles. The van der Waals surface area contributed by atoms with Crippen molar-refractivity contribution in [2.24, 2.45) is 23.7 Å². The Morgan fingerprint density at radius 2 is 1.67 bits per heavy atom. The molecule has 0 heterocycles. The van der Waals surface area contributed by atoms with Crippen LogP contribution >= 0.6 is 0 Å². The van der Waals surface area contributed by atoms with Crippen molar-refractivity contribution in [2.75, 3.05) is 0 Å². The number of aliphatic hydroxyl groups is 1. The first kappa shape index (κ1) is 15.8. The molecule has 1 nitrogen and oxygen atoms in total. The highest BCUT2D eigenvalue weighted by Crippen LogP contribution is 2.50. The van der Waals surface area contributed by atoms with Gasteiger partial charge in [-0.05, 0) is 49.4 Å². The first-order valence-corrected chi connectivity index (χ1v) is 6.95. The van der Waals surface area contributed by atoms with Crippen LogP contribution in [0.3, 0.4) is 0 Å². The van der Waals surface area contributed by atoms with Crippen LogP contribution in [0.15, 0.2) is 0 Å². The van der Waals surface area contributed by atoms with Crippen LogP contribution in [-0.2, 0) is 0 Å². The van der Waals surface area contributed by atoms with E-state index < -0.39 is 12.3 Å². The predicted molar refractivity (Wildman–Crippen MR) is 66.1 cm³/mol. The number of rotatable bonds is 2. The fourth-order valence-corrected chi connectivity index (χ4v) is 3.09. The average Bonchev–Trinajstić information content (AvgIpc) is 2.76. The highest BCUT2D eigenvalue weighted by molar-refractivity contribution is 4.91. The molecule has 2 aliphatic carbocycles. The van der Waals surface area contributed by atoms with Crippen LogP contribution in [0, 0.1) is 23.7 Å². The SMILES string of the molecule is CC(C)C.OC(CC1CC2CCC1C2)C(F)(F)F. The van der Waals surface area contributed by atoms with Crippen LogP contribution in [0.25, 0.3) is 0 Å². The normalized spacial score (nSPS) is 32.3. The van der Waals surface area contributed by atoms with Crippen molar-refractivity contribution in [3.05, 3.63) is 0 Å². The van der Waals surface area contributed by atoms with Gasteiger partial charge in [0.25, 0.3) is 0 Å². The van der Waals surface area contributed by atoms with Gasteiger partial charge in [-0.3, -0.25) is 0 Å². The Morgan fingerprint density at radius 1 is 1.11 bits per heavy atom. The largest absolute Gasteiger partial charge is 0.414 e. The van der Waals surface area contributed by atoms with Crippen molar-refractivity contribution in [1.82, 2.24) is 0 Å². The standard InChI is InChI=1S/C10H15F3O.C4H10/c11-10(12,13)9(14)5-8-4-6-1-2-7(8)3-6;1-4(2)3/h6-9,14H,1-5H2;4H,1-3H3. The average molecular weight is 266 g/mol. The molecule has 0 aromatic carbocycles. The van der Waals surface area contributed by atoms with Crippen LogP contribution in [0.2, 0.25) is 0 Å². The summed E-state index contributed by atoms with van der Waals surface area (Å²) in [6, 6.07) is 0. The summed E-state index contributed by atoms with van der Waals surface area (Å²) in [7, 11) is 0. The fraction of sp³-hybridized carbons (Fsp3) is 1.00. The van der Waals surface area contributed by atoms with Gasteiger partial charge in [-0.25, -0.2) is 0 Å². The highest BCUT2D eigenvalue weighted by atomic mass is 19.4. The molecule has 0 aromatic heterocycles. The van der Waals surface area contributed by atoms with Gasteiger partial charge in [-0.15, -0.1) is 0 Å². The third kappa shape index (κ3) is 4.79. The lowest BCUT2D eigenvalue weighted by Crippen LogP contribution is -2.31. The molecule has 4 unspecified atom stereocenters. The van der Waals surface area contributed by atoms with Crippen LogP contribution in [0.1, 0.15) is 52.9 Å². The van der Waals surface area contributed by atoms with Crippen LogP contribution in [0.5, 0.6) is 0 Å². The summed E-state index contributed by atoms with van der Waals surface area (Å²) in [4.78, 5) is 0. The summed E-state index contributed by atoms with van der Waals surface area (Å²) in [5, 5.41) is 8.95. The van der Waals surface area contributed by atoms with Gasteiger partial charge in [0.05, 0.1) is 0 Å². The van der Waals surface area contributed by atoms with E-state index in [1.807, 2.05) is 0 Å². The second kappa shape index (κ2) is 6.27. The van der Waals surface area contributed by atoms with Gasteiger partial charge in [0.2, 0.25) is 0 Å². The molecule has 4 heteroatoms. The van der Waals surface area contributed by atoms with Crippen molar-refractivity contribution in [2.45, 2.75) is 65.2 Å². The quantitative estimate of drug-likeness (QED) is 0.785. The van der Waals surface area contributed by atoms with Crippen LogP contribution in [0.4, 0.5) is 13.2 Å². The molecule has 2 saturated carbocycles. The first-order valence-electron chi connectivity index (χ1n) is 6.95. The van der Waals surface area contributed by atoms with Gasteiger partial charge < -0.3 is 5.11 Å². The Hall–Kier alpha value is -0.250. The van der Waals surface area contributed by atoms with E-state index in [2.05, 4.69) is 20.8 Å². The zero-order valence-electron chi connectivity index (χ0n) is 11.5. The molecule has 0 aliphatic heterocycles. The summed E-state index contributed by atoms with van der Waals surface area (Å²) in [6.07, 6.45) is -2.37. The minimum absolute atomic E-state index is 0.0787. The molecule has 4 atom stereocenters. The van der Waals surface area contributed by atoms with Crippen molar-refractivity contribution in [1.29, 1.82) is 0 Å². The summed E-state index contributed by atoms with van der Waals surface area (Å²) >= 11 is 0. The maximum atomic E-state index is 12.1. The number of hydrogen-bond donors (Lipinski definition) is 1. The molecule has 0 aromatic rings. The Kier molecular flexibility index (Phi) is 5.50. The third-order valence-electron chi connectivity index (χ3n) is 3.79. The molecule has 0 amide bonds. The Balaban J connectivity index is 0.000000357. The van der Waals surface area contributed by atoms with Crippen LogP contribution < -0.4 is 0 Å². The lowest BCUT2D eigenvalue weighted by molar-refractivity contribution is -0.209. The first-order chi connectivity index (χ1) is 8.20. The van der Waals surface area contributed by atoms with E-state index >= 15 is 0 Å². The van der Waals surface area contributed by atoms with E-state index in [1.165, 1.54) is 6.42 Å². The zero-order valence-corrected chi connectivity index (χ0v) is 11.5. The highest BCUT2D eigenvalue weighted by Gasteiger charge is 2.45. The van der Waals surface area contributed by atoms with E-state index in [1.54, 1.807) is 0 Å². The molecule has 2 fully saturated rings. The van der Waals surface area contributed by atoms with Crippen molar-refractivity contribution >= 4 is 0 Å². The fourth-order valence-electron chi connectivity index (χ4n) is 3.09. The van der Waals surface area contributed by atoms with Crippen molar-refractivity contribution in [3.63, 3.8) is 0 Å². The smallest absolute Gasteiger partial charge is 0.384 e. The maximum Gasteiger partial charge on any atom is 0.414 e. The second-order valence-electron chi connectivity index (χ2n) is 6.46. The second-order valence-corrected chi connectivity index (χ2v) is 6.46. The number of halogens is 3. The van der Waals surface area contributed by atoms with Gasteiger partial charge in [-0.2, -0.15) is 13.2 Å². The number of hydrogen-bond acceptors (Lipinski definition) is 1. The van der Waals surface area contributed by atoms with Gasteiger partial charge in [0.15, 0.2) is 0 Å². The predicted octanol–water partition coefficient (Wildman–Crippen LogP) is 4.40. The molecular formula is C14H25F3O. The Morgan fingerprint density at radius 3 is 2.00 bits per heavy atom. The number of aliphatic hydroxyl groups excluding tert-OH is 1. The molecule has 0 spiro atoms. The van der Waals surface area contributed by atoms with E-state index in [9.17, 15) is 13.2 Å². The molecular weight excluding hydrogens is 241 g/mol. The number of alkyl halides is 3. The van der Waals surface area contributed by atoms with E-state index in [-0.39, 0.29) is 12.3 Å². The maximum absolute atomic E-state index is 12.1. The van der Waals surface area contributed by atoms with Gasteiger partial charge in [0, 0.05) is 0 Å². The number of fused-ring (bicyclic) bond motifs is 2. The zero-order chi connectivity index (χ0) is 13.9. The lowest BCUT2D eigenvalue weighted by atomic mass is 9.85. The van der Waals surface area contributed by atoms with Gasteiger partial charge >= 0.3 is 6.18 Å². The minimum atomic E-state index is -4.43. The van der Waals surface area contributed by atoms with E-state index in [4.69, 9.17) is 5.11 Å². The molecule has 2 aliphatic rings. The summed E-state index contributed by atoms with van der Waals surface area (Å²) < 4.78 is 36.3. The minimum Gasteiger partial charge on any atom is -0.384 e. The van der Waals surface area contributed by atoms with Crippen molar-refractivity contribution in [3.8, 4) is 0 Å². The Bertz CT molecular complexity index is 247. The van der Waals surface area contributed by atoms with E-state index in [0.29, 0.717) is 11.8 Å². The summed E-state index contributed by atoms with van der Waals surface area (Å²) in [5.74, 6) is 2.05. The molecule has 2 bridgehead atoms. The summed E-state index contributed by atoms with van der Waals surface area (Å²) in [5.41, 5.74) is 0. The lowest BCUT2D eigenvalue weighted by Gasteiger charge is -2.25. The summed E-state index contributed by atoms with van der Waals surface area (Å²) in [6.45, 7) is 6.50. The van der Waals surface area contributed by atoms with Crippen LogP contribution in [-0.4, -0.2) is 17.4 Å². The molecule has 0 radical (unpaired) electrons.